The van der Waals surface area contributed by atoms with E-state index in [1.54, 1.807) is 12.1 Å². The maximum Gasteiger partial charge on any atom is 0.146 e. The predicted molar refractivity (Wildman–Crippen MR) is 67.5 cm³/mol. The molecule has 2 nitrogen and oxygen atoms in total. The van der Waals surface area contributed by atoms with Crippen molar-refractivity contribution >= 4 is 5.69 Å². The summed E-state index contributed by atoms with van der Waals surface area (Å²) in [6.45, 7) is 5.18. The molecule has 1 fully saturated rings. The van der Waals surface area contributed by atoms with Crippen molar-refractivity contribution in [1.82, 2.24) is 0 Å². The molecule has 2 rings (SSSR count). The van der Waals surface area contributed by atoms with Gasteiger partial charge in [0.25, 0.3) is 0 Å². The van der Waals surface area contributed by atoms with Crippen LogP contribution in [0.25, 0.3) is 0 Å². The van der Waals surface area contributed by atoms with E-state index in [1.165, 1.54) is 12.5 Å². The Labute approximate surface area is 102 Å². The second-order valence-electron chi connectivity index (χ2n) is 5.00. The molecule has 1 heterocycles. The summed E-state index contributed by atoms with van der Waals surface area (Å²) in [5.41, 5.74) is 1.30. The molecule has 1 aromatic rings. The molecule has 3 heteroatoms. The van der Waals surface area contributed by atoms with Gasteiger partial charge in [0.05, 0.1) is 12.3 Å². The van der Waals surface area contributed by atoms with E-state index >= 15 is 0 Å². The summed E-state index contributed by atoms with van der Waals surface area (Å²) in [4.78, 5) is 2.14. The van der Waals surface area contributed by atoms with Crippen molar-refractivity contribution in [3.05, 3.63) is 29.6 Å². The van der Waals surface area contributed by atoms with E-state index in [0.717, 1.165) is 13.0 Å². The highest BCUT2D eigenvalue weighted by Gasteiger charge is 2.26. The third-order valence-corrected chi connectivity index (χ3v) is 3.88. The lowest BCUT2D eigenvalue weighted by Crippen LogP contribution is -2.42. The minimum Gasteiger partial charge on any atom is -0.392 e. The molecule has 1 saturated heterocycles. The molecule has 0 bridgehead atoms. The first kappa shape index (κ1) is 12.4. The molecule has 1 N–H and O–H groups in total. The fourth-order valence-electron chi connectivity index (χ4n) is 2.56. The number of nitrogens with zero attached hydrogens (tertiary/aromatic N) is 1. The van der Waals surface area contributed by atoms with Crippen LogP contribution in [-0.4, -0.2) is 17.7 Å². The standard InChI is InChI=1S/C14H20FNO/c1-10-4-3-7-16(11(10)2)14-6-5-12(9-17)8-13(14)15/h5-6,8,10-11,17H,3-4,7,9H2,1-2H3. The molecule has 17 heavy (non-hydrogen) atoms. The van der Waals surface area contributed by atoms with Gasteiger partial charge in [0.1, 0.15) is 5.82 Å². The topological polar surface area (TPSA) is 23.5 Å². The first-order chi connectivity index (χ1) is 8.13. The van der Waals surface area contributed by atoms with Crippen molar-refractivity contribution < 1.29 is 9.50 Å². The molecule has 0 aliphatic carbocycles. The van der Waals surface area contributed by atoms with Gasteiger partial charge in [0.2, 0.25) is 0 Å². The van der Waals surface area contributed by atoms with E-state index < -0.39 is 0 Å². The van der Waals surface area contributed by atoms with Crippen LogP contribution >= 0.6 is 0 Å². The molecule has 1 aromatic carbocycles. The third-order valence-electron chi connectivity index (χ3n) is 3.88. The van der Waals surface area contributed by atoms with E-state index in [2.05, 4.69) is 18.7 Å². The van der Waals surface area contributed by atoms with Gasteiger partial charge in [0, 0.05) is 12.6 Å². The van der Waals surface area contributed by atoms with E-state index in [9.17, 15) is 4.39 Å². The summed E-state index contributed by atoms with van der Waals surface area (Å²) >= 11 is 0. The van der Waals surface area contributed by atoms with Gasteiger partial charge in [-0.2, -0.15) is 0 Å². The lowest BCUT2D eigenvalue weighted by molar-refractivity contribution is 0.281. The summed E-state index contributed by atoms with van der Waals surface area (Å²) in [5.74, 6) is 0.373. The van der Waals surface area contributed by atoms with Gasteiger partial charge < -0.3 is 10.0 Å². The van der Waals surface area contributed by atoms with Gasteiger partial charge in [-0.25, -0.2) is 4.39 Å². The quantitative estimate of drug-likeness (QED) is 0.855. The number of hydrogen-bond donors (Lipinski definition) is 1. The number of piperidine rings is 1. The lowest BCUT2D eigenvalue weighted by atomic mass is 9.91. The number of halogens is 1. The monoisotopic (exact) mass is 237 g/mol. The molecule has 0 spiro atoms. The molecule has 94 valence electrons. The normalized spacial score (nSPS) is 25.1. The Kier molecular flexibility index (Phi) is 3.67. The van der Waals surface area contributed by atoms with Gasteiger partial charge in [-0.3, -0.25) is 0 Å². The zero-order valence-corrected chi connectivity index (χ0v) is 10.5. The highest BCUT2D eigenvalue weighted by atomic mass is 19.1. The fraction of sp³-hybridized carbons (Fsp3) is 0.571. The van der Waals surface area contributed by atoms with Crippen molar-refractivity contribution in [3.63, 3.8) is 0 Å². The van der Waals surface area contributed by atoms with Crippen molar-refractivity contribution in [1.29, 1.82) is 0 Å². The van der Waals surface area contributed by atoms with Gasteiger partial charge in [-0.15, -0.1) is 0 Å². The third kappa shape index (κ3) is 2.44. The van der Waals surface area contributed by atoms with Crippen LogP contribution in [0, 0.1) is 11.7 Å². The first-order valence-corrected chi connectivity index (χ1v) is 6.29. The van der Waals surface area contributed by atoms with Crippen LogP contribution in [0.5, 0.6) is 0 Å². The van der Waals surface area contributed by atoms with Crippen molar-refractivity contribution in [2.24, 2.45) is 5.92 Å². The Morgan fingerprint density at radius 1 is 1.41 bits per heavy atom. The molecule has 1 aliphatic heterocycles. The molecule has 2 atom stereocenters. The smallest absolute Gasteiger partial charge is 0.146 e. The summed E-state index contributed by atoms with van der Waals surface area (Å²) in [6.07, 6.45) is 2.33. The average Bonchev–Trinajstić information content (AvgIpc) is 2.33. The van der Waals surface area contributed by atoms with Gasteiger partial charge in [-0.1, -0.05) is 13.0 Å². The summed E-state index contributed by atoms with van der Waals surface area (Å²) < 4.78 is 14.0. The SMILES string of the molecule is CC1CCCN(c2ccc(CO)cc2F)C1C. The van der Waals surface area contributed by atoms with Crippen molar-refractivity contribution in [2.45, 2.75) is 39.3 Å². The molecule has 0 aromatic heterocycles. The van der Waals surface area contributed by atoms with Crippen LogP contribution in [0.2, 0.25) is 0 Å². The van der Waals surface area contributed by atoms with Crippen LogP contribution in [0.4, 0.5) is 10.1 Å². The second-order valence-corrected chi connectivity index (χ2v) is 5.00. The first-order valence-electron chi connectivity index (χ1n) is 6.29. The van der Waals surface area contributed by atoms with E-state index in [0.29, 0.717) is 23.2 Å². The number of aliphatic hydroxyl groups is 1. The number of anilines is 1. The zero-order valence-electron chi connectivity index (χ0n) is 10.5. The molecular formula is C14H20FNO. The summed E-state index contributed by atoms with van der Waals surface area (Å²) in [6, 6.07) is 5.39. The Morgan fingerprint density at radius 3 is 2.82 bits per heavy atom. The highest BCUT2D eigenvalue weighted by molar-refractivity contribution is 5.50. The van der Waals surface area contributed by atoms with Crippen LogP contribution in [-0.2, 0) is 6.61 Å². The van der Waals surface area contributed by atoms with Gasteiger partial charge in [-0.05, 0) is 43.4 Å². The van der Waals surface area contributed by atoms with E-state index in [1.807, 2.05) is 0 Å². The van der Waals surface area contributed by atoms with Crippen LogP contribution in [0.15, 0.2) is 18.2 Å². The van der Waals surface area contributed by atoms with Gasteiger partial charge in [0.15, 0.2) is 0 Å². The Bertz CT molecular complexity index is 394. The van der Waals surface area contributed by atoms with Crippen LogP contribution in [0.1, 0.15) is 32.3 Å². The Hall–Kier alpha value is -1.09. The second kappa shape index (κ2) is 5.05. The van der Waals surface area contributed by atoms with Crippen molar-refractivity contribution in [2.75, 3.05) is 11.4 Å². The number of aliphatic hydroxyl groups excluding tert-OH is 1. The van der Waals surface area contributed by atoms with Crippen LogP contribution < -0.4 is 4.90 Å². The maximum absolute atomic E-state index is 14.0. The molecule has 2 unspecified atom stereocenters. The minimum absolute atomic E-state index is 0.108. The van der Waals surface area contributed by atoms with Crippen LogP contribution in [0.3, 0.4) is 0 Å². The molecular weight excluding hydrogens is 217 g/mol. The zero-order chi connectivity index (χ0) is 12.4. The molecule has 1 aliphatic rings. The molecule has 0 saturated carbocycles. The lowest BCUT2D eigenvalue weighted by Gasteiger charge is -2.39. The van der Waals surface area contributed by atoms with Crippen molar-refractivity contribution in [3.8, 4) is 0 Å². The molecule has 0 amide bonds. The Balaban J connectivity index is 2.27. The average molecular weight is 237 g/mol. The maximum atomic E-state index is 14.0. The largest absolute Gasteiger partial charge is 0.392 e. The number of benzene rings is 1. The number of hydrogen-bond acceptors (Lipinski definition) is 2. The van der Waals surface area contributed by atoms with E-state index in [4.69, 9.17) is 5.11 Å². The summed E-state index contributed by atoms with van der Waals surface area (Å²) in [7, 11) is 0. The van der Waals surface area contributed by atoms with Gasteiger partial charge >= 0.3 is 0 Å². The Morgan fingerprint density at radius 2 is 2.18 bits per heavy atom. The fourth-order valence-corrected chi connectivity index (χ4v) is 2.56. The number of rotatable bonds is 2. The highest BCUT2D eigenvalue weighted by Crippen LogP contribution is 2.30. The minimum atomic E-state index is -0.225. The predicted octanol–water partition coefficient (Wildman–Crippen LogP) is 2.94. The molecule has 0 radical (unpaired) electrons. The summed E-state index contributed by atoms with van der Waals surface area (Å²) in [5, 5.41) is 8.98. The van der Waals surface area contributed by atoms with E-state index in [-0.39, 0.29) is 12.4 Å².